The van der Waals surface area contributed by atoms with Crippen molar-refractivity contribution in [1.29, 1.82) is 0 Å². The molecule has 0 radical (unpaired) electrons. The summed E-state index contributed by atoms with van der Waals surface area (Å²) in [5.74, 6) is 0.770. The SMILES string of the molecule is Cc1cn[nH]c1NC(=O)C1CCCc2sccc21. The van der Waals surface area contributed by atoms with E-state index in [1.807, 2.05) is 6.92 Å². The summed E-state index contributed by atoms with van der Waals surface area (Å²) in [5, 5.41) is 11.7. The maximum Gasteiger partial charge on any atom is 0.233 e. The van der Waals surface area contributed by atoms with Gasteiger partial charge in [-0.25, -0.2) is 0 Å². The molecule has 1 unspecified atom stereocenters. The molecule has 18 heavy (non-hydrogen) atoms. The monoisotopic (exact) mass is 261 g/mol. The van der Waals surface area contributed by atoms with Crippen molar-refractivity contribution >= 4 is 23.1 Å². The Morgan fingerprint density at radius 3 is 3.28 bits per heavy atom. The fourth-order valence-corrected chi connectivity index (χ4v) is 3.43. The van der Waals surface area contributed by atoms with Crippen molar-refractivity contribution in [3.05, 3.63) is 33.6 Å². The molecule has 94 valence electrons. The zero-order chi connectivity index (χ0) is 12.5. The number of aromatic nitrogens is 2. The summed E-state index contributed by atoms with van der Waals surface area (Å²) in [7, 11) is 0. The van der Waals surface area contributed by atoms with E-state index >= 15 is 0 Å². The fraction of sp³-hybridized carbons (Fsp3) is 0.385. The van der Waals surface area contributed by atoms with Gasteiger partial charge in [-0.15, -0.1) is 11.3 Å². The zero-order valence-electron chi connectivity index (χ0n) is 10.2. The van der Waals surface area contributed by atoms with Crippen molar-refractivity contribution in [3.8, 4) is 0 Å². The van der Waals surface area contributed by atoms with Crippen LogP contribution in [0.4, 0.5) is 5.82 Å². The molecule has 0 spiro atoms. The van der Waals surface area contributed by atoms with Gasteiger partial charge < -0.3 is 5.32 Å². The van der Waals surface area contributed by atoms with E-state index in [1.54, 1.807) is 17.5 Å². The Bertz CT molecular complexity index is 572. The van der Waals surface area contributed by atoms with Crippen LogP contribution in [0.2, 0.25) is 0 Å². The van der Waals surface area contributed by atoms with Crippen molar-refractivity contribution in [2.75, 3.05) is 5.32 Å². The first-order valence-corrected chi connectivity index (χ1v) is 7.01. The molecular weight excluding hydrogens is 246 g/mol. The number of hydrogen-bond acceptors (Lipinski definition) is 3. The van der Waals surface area contributed by atoms with E-state index in [1.165, 1.54) is 10.4 Å². The molecule has 1 amide bonds. The van der Waals surface area contributed by atoms with E-state index in [-0.39, 0.29) is 11.8 Å². The molecule has 0 bridgehead atoms. The summed E-state index contributed by atoms with van der Waals surface area (Å²) < 4.78 is 0. The van der Waals surface area contributed by atoms with Gasteiger partial charge in [-0.05, 0) is 43.2 Å². The second-order valence-electron chi connectivity index (χ2n) is 4.66. The molecule has 1 aliphatic carbocycles. The Hall–Kier alpha value is -1.62. The van der Waals surface area contributed by atoms with Gasteiger partial charge in [-0.3, -0.25) is 9.89 Å². The summed E-state index contributed by atoms with van der Waals surface area (Å²) in [4.78, 5) is 13.7. The van der Waals surface area contributed by atoms with Crippen LogP contribution in [0.3, 0.4) is 0 Å². The first-order chi connectivity index (χ1) is 8.75. The van der Waals surface area contributed by atoms with E-state index in [0.717, 1.165) is 24.8 Å². The summed E-state index contributed by atoms with van der Waals surface area (Å²) in [5.41, 5.74) is 2.17. The number of H-pyrrole nitrogens is 1. The average Bonchev–Trinajstić information content (AvgIpc) is 2.98. The highest BCUT2D eigenvalue weighted by Crippen LogP contribution is 2.35. The number of aromatic amines is 1. The van der Waals surface area contributed by atoms with Crippen molar-refractivity contribution in [1.82, 2.24) is 10.2 Å². The largest absolute Gasteiger partial charge is 0.310 e. The molecule has 4 nitrogen and oxygen atoms in total. The maximum atomic E-state index is 12.3. The lowest BCUT2D eigenvalue weighted by molar-refractivity contribution is -0.117. The van der Waals surface area contributed by atoms with Gasteiger partial charge in [0.25, 0.3) is 0 Å². The van der Waals surface area contributed by atoms with Crippen LogP contribution >= 0.6 is 11.3 Å². The molecule has 3 rings (SSSR count). The molecule has 0 fully saturated rings. The van der Waals surface area contributed by atoms with Gasteiger partial charge in [0.05, 0.1) is 12.1 Å². The minimum Gasteiger partial charge on any atom is -0.310 e. The Morgan fingerprint density at radius 1 is 1.61 bits per heavy atom. The number of thiophene rings is 1. The highest BCUT2D eigenvalue weighted by atomic mass is 32.1. The van der Waals surface area contributed by atoms with Crippen LogP contribution < -0.4 is 5.32 Å². The highest BCUT2D eigenvalue weighted by molar-refractivity contribution is 7.10. The molecule has 2 aromatic heterocycles. The maximum absolute atomic E-state index is 12.3. The van der Waals surface area contributed by atoms with E-state index in [4.69, 9.17) is 0 Å². The first-order valence-electron chi connectivity index (χ1n) is 6.13. The van der Waals surface area contributed by atoms with Gasteiger partial charge in [0.15, 0.2) is 0 Å². The Morgan fingerprint density at radius 2 is 2.50 bits per heavy atom. The minimum absolute atomic E-state index is 0.0114. The molecule has 2 N–H and O–H groups in total. The lowest BCUT2D eigenvalue weighted by Gasteiger charge is -2.21. The molecule has 1 atom stereocenters. The van der Waals surface area contributed by atoms with Gasteiger partial charge in [-0.2, -0.15) is 5.10 Å². The summed E-state index contributed by atoms with van der Waals surface area (Å²) in [6.07, 6.45) is 4.85. The molecule has 2 aromatic rings. The normalized spacial score (nSPS) is 18.4. The second kappa shape index (κ2) is 4.57. The van der Waals surface area contributed by atoms with Crippen LogP contribution in [0, 0.1) is 6.92 Å². The molecule has 0 aromatic carbocycles. The quantitative estimate of drug-likeness (QED) is 0.873. The van der Waals surface area contributed by atoms with Crippen LogP contribution in [0.15, 0.2) is 17.6 Å². The number of anilines is 1. The molecular formula is C13H15N3OS. The van der Waals surface area contributed by atoms with Gasteiger partial charge in [0, 0.05) is 10.4 Å². The van der Waals surface area contributed by atoms with Gasteiger partial charge in [-0.1, -0.05) is 0 Å². The van der Waals surface area contributed by atoms with Crippen LogP contribution in [-0.4, -0.2) is 16.1 Å². The van der Waals surface area contributed by atoms with E-state index < -0.39 is 0 Å². The Labute approximate surface area is 109 Å². The summed E-state index contributed by atoms with van der Waals surface area (Å²) in [6, 6.07) is 2.09. The van der Waals surface area contributed by atoms with Crippen LogP contribution in [0.5, 0.6) is 0 Å². The number of hydrogen-bond donors (Lipinski definition) is 2. The predicted octanol–water partition coefficient (Wildman–Crippen LogP) is 2.84. The zero-order valence-corrected chi connectivity index (χ0v) is 11.0. The molecule has 0 saturated carbocycles. The summed E-state index contributed by atoms with van der Waals surface area (Å²) >= 11 is 1.76. The number of amides is 1. The number of fused-ring (bicyclic) bond motifs is 1. The number of nitrogens with zero attached hydrogens (tertiary/aromatic N) is 1. The third-order valence-electron chi connectivity index (χ3n) is 3.45. The van der Waals surface area contributed by atoms with Gasteiger partial charge >= 0.3 is 0 Å². The van der Waals surface area contributed by atoms with Crippen molar-refractivity contribution in [2.45, 2.75) is 32.1 Å². The number of carbonyl (C=O) groups excluding carboxylic acids is 1. The van der Waals surface area contributed by atoms with Crippen molar-refractivity contribution in [3.63, 3.8) is 0 Å². The predicted molar refractivity (Wildman–Crippen MR) is 72.0 cm³/mol. The lowest BCUT2D eigenvalue weighted by Crippen LogP contribution is -2.24. The number of carbonyl (C=O) groups is 1. The lowest BCUT2D eigenvalue weighted by atomic mass is 9.87. The van der Waals surface area contributed by atoms with Gasteiger partial charge in [0.2, 0.25) is 5.91 Å². The standard InChI is InChI=1S/C13H15N3OS/c1-8-7-14-16-12(8)15-13(17)10-3-2-4-11-9(10)5-6-18-11/h5-7,10H,2-4H2,1H3,(H2,14,15,16,17). The molecule has 1 aliphatic rings. The highest BCUT2D eigenvalue weighted by Gasteiger charge is 2.27. The van der Waals surface area contributed by atoms with Crippen LogP contribution in [-0.2, 0) is 11.2 Å². The van der Waals surface area contributed by atoms with Crippen molar-refractivity contribution in [2.24, 2.45) is 0 Å². The second-order valence-corrected chi connectivity index (χ2v) is 5.66. The smallest absolute Gasteiger partial charge is 0.233 e. The van der Waals surface area contributed by atoms with Crippen LogP contribution in [0.25, 0.3) is 0 Å². The number of rotatable bonds is 2. The number of nitrogens with one attached hydrogen (secondary N) is 2. The Kier molecular flexibility index (Phi) is 2.91. The van der Waals surface area contributed by atoms with E-state index in [0.29, 0.717) is 5.82 Å². The number of aryl methyl sites for hydroxylation is 2. The third kappa shape index (κ3) is 1.95. The first kappa shape index (κ1) is 11.5. The molecule has 0 aliphatic heterocycles. The third-order valence-corrected chi connectivity index (χ3v) is 4.44. The molecule has 2 heterocycles. The summed E-state index contributed by atoms with van der Waals surface area (Å²) in [6.45, 7) is 1.93. The van der Waals surface area contributed by atoms with E-state index in [2.05, 4.69) is 27.0 Å². The van der Waals surface area contributed by atoms with Crippen molar-refractivity contribution < 1.29 is 4.79 Å². The van der Waals surface area contributed by atoms with Crippen LogP contribution in [0.1, 0.15) is 34.8 Å². The van der Waals surface area contributed by atoms with Gasteiger partial charge in [0.1, 0.15) is 5.82 Å². The average molecular weight is 261 g/mol. The molecule has 5 heteroatoms. The fourth-order valence-electron chi connectivity index (χ4n) is 2.44. The molecule has 0 saturated heterocycles. The van der Waals surface area contributed by atoms with E-state index in [9.17, 15) is 4.79 Å². The Balaban J connectivity index is 1.81. The minimum atomic E-state index is -0.0114. The topological polar surface area (TPSA) is 57.8 Å².